The highest BCUT2D eigenvalue weighted by Crippen LogP contribution is 2.12. The molecule has 0 saturated heterocycles. The van der Waals surface area contributed by atoms with Crippen molar-refractivity contribution in [3.63, 3.8) is 0 Å². The standard InChI is InChI=1S/C11H17N5/c1-8-7-15(3)14-11(8)12-6-10-5-9(2)13-16(10)4/h5,7H,6H2,1-4H3,(H,12,14). The van der Waals surface area contributed by atoms with E-state index in [1.54, 1.807) is 0 Å². The SMILES string of the molecule is Cc1cc(CNc2nn(C)cc2C)n(C)n1. The van der Waals surface area contributed by atoms with Crippen molar-refractivity contribution in [1.29, 1.82) is 0 Å². The summed E-state index contributed by atoms with van der Waals surface area (Å²) in [5.74, 6) is 0.932. The molecular formula is C11H17N5. The van der Waals surface area contributed by atoms with Crippen LogP contribution in [0.3, 0.4) is 0 Å². The maximum atomic E-state index is 4.34. The average Bonchev–Trinajstić information content (AvgIpc) is 2.66. The van der Waals surface area contributed by atoms with Gasteiger partial charge in [0.2, 0.25) is 0 Å². The first-order valence-corrected chi connectivity index (χ1v) is 5.30. The molecule has 16 heavy (non-hydrogen) atoms. The number of aromatic nitrogens is 4. The molecule has 0 amide bonds. The molecule has 2 aromatic rings. The molecule has 0 atom stereocenters. The van der Waals surface area contributed by atoms with Gasteiger partial charge in [0, 0.05) is 25.9 Å². The third-order valence-corrected chi connectivity index (χ3v) is 2.55. The van der Waals surface area contributed by atoms with E-state index < -0.39 is 0 Å². The van der Waals surface area contributed by atoms with E-state index >= 15 is 0 Å². The van der Waals surface area contributed by atoms with Gasteiger partial charge in [-0.2, -0.15) is 10.2 Å². The van der Waals surface area contributed by atoms with E-state index in [1.807, 2.05) is 43.5 Å². The highest BCUT2D eigenvalue weighted by molar-refractivity contribution is 5.42. The summed E-state index contributed by atoms with van der Waals surface area (Å²) in [6, 6.07) is 2.07. The zero-order valence-corrected chi connectivity index (χ0v) is 10.2. The third-order valence-electron chi connectivity index (χ3n) is 2.55. The number of nitrogens with zero attached hydrogens (tertiary/aromatic N) is 4. The van der Waals surface area contributed by atoms with Crippen molar-refractivity contribution in [2.45, 2.75) is 20.4 Å². The van der Waals surface area contributed by atoms with Gasteiger partial charge in [0.15, 0.2) is 5.82 Å². The molecule has 0 bridgehead atoms. The van der Waals surface area contributed by atoms with Gasteiger partial charge in [0.1, 0.15) is 0 Å². The fourth-order valence-electron chi connectivity index (χ4n) is 1.79. The first-order valence-electron chi connectivity index (χ1n) is 5.30. The van der Waals surface area contributed by atoms with E-state index in [0.717, 1.165) is 29.3 Å². The highest BCUT2D eigenvalue weighted by atomic mass is 15.3. The Labute approximate surface area is 95.1 Å². The maximum Gasteiger partial charge on any atom is 0.151 e. The Morgan fingerprint density at radius 3 is 2.50 bits per heavy atom. The Hall–Kier alpha value is -1.78. The summed E-state index contributed by atoms with van der Waals surface area (Å²) in [4.78, 5) is 0. The normalized spacial score (nSPS) is 10.8. The second-order valence-corrected chi connectivity index (χ2v) is 4.09. The van der Waals surface area contributed by atoms with Gasteiger partial charge in [-0.3, -0.25) is 9.36 Å². The molecule has 5 nitrogen and oxygen atoms in total. The number of hydrogen-bond acceptors (Lipinski definition) is 3. The second-order valence-electron chi connectivity index (χ2n) is 4.09. The molecule has 2 aromatic heterocycles. The quantitative estimate of drug-likeness (QED) is 0.848. The largest absolute Gasteiger partial charge is 0.363 e. The lowest BCUT2D eigenvalue weighted by atomic mass is 10.3. The van der Waals surface area contributed by atoms with E-state index in [2.05, 4.69) is 21.6 Å². The molecule has 2 rings (SSSR count). The summed E-state index contributed by atoms with van der Waals surface area (Å²) in [5, 5.41) is 12.0. The van der Waals surface area contributed by atoms with Crippen molar-refractivity contribution in [1.82, 2.24) is 19.6 Å². The fourth-order valence-corrected chi connectivity index (χ4v) is 1.79. The summed E-state index contributed by atoms with van der Waals surface area (Å²) < 4.78 is 3.70. The Morgan fingerprint density at radius 2 is 2.00 bits per heavy atom. The second kappa shape index (κ2) is 4.00. The molecule has 0 aliphatic rings. The molecule has 5 heteroatoms. The van der Waals surface area contributed by atoms with Crippen LogP contribution in [0.25, 0.3) is 0 Å². The Kier molecular flexibility index (Phi) is 2.68. The third kappa shape index (κ3) is 2.08. The van der Waals surface area contributed by atoms with Crippen molar-refractivity contribution in [2.24, 2.45) is 14.1 Å². The van der Waals surface area contributed by atoms with E-state index in [1.165, 1.54) is 0 Å². The molecule has 0 aromatic carbocycles. The monoisotopic (exact) mass is 219 g/mol. The van der Waals surface area contributed by atoms with E-state index in [0.29, 0.717) is 0 Å². The minimum atomic E-state index is 0.745. The van der Waals surface area contributed by atoms with Crippen LogP contribution >= 0.6 is 0 Å². The maximum absolute atomic E-state index is 4.34. The van der Waals surface area contributed by atoms with Crippen LogP contribution in [0.4, 0.5) is 5.82 Å². The lowest BCUT2D eigenvalue weighted by Gasteiger charge is -2.04. The van der Waals surface area contributed by atoms with Crippen LogP contribution < -0.4 is 5.32 Å². The van der Waals surface area contributed by atoms with Crippen LogP contribution in [0.1, 0.15) is 17.0 Å². The molecular weight excluding hydrogens is 202 g/mol. The zero-order chi connectivity index (χ0) is 11.7. The number of nitrogens with one attached hydrogen (secondary N) is 1. The fraction of sp³-hybridized carbons (Fsp3) is 0.455. The summed E-state index contributed by atoms with van der Waals surface area (Å²) in [6.45, 7) is 4.79. The van der Waals surface area contributed by atoms with Crippen molar-refractivity contribution in [3.8, 4) is 0 Å². The van der Waals surface area contributed by atoms with Gasteiger partial charge in [-0.1, -0.05) is 0 Å². The minimum Gasteiger partial charge on any atom is -0.363 e. The molecule has 1 N–H and O–H groups in total. The first-order chi connectivity index (χ1) is 7.56. The Bertz CT molecular complexity index is 448. The number of aryl methyl sites for hydroxylation is 4. The van der Waals surface area contributed by atoms with Gasteiger partial charge in [0.25, 0.3) is 0 Å². The molecule has 0 radical (unpaired) electrons. The molecule has 0 unspecified atom stereocenters. The molecule has 0 aliphatic heterocycles. The van der Waals surface area contributed by atoms with Gasteiger partial charge in [-0.15, -0.1) is 0 Å². The molecule has 2 heterocycles. The van der Waals surface area contributed by atoms with E-state index in [4.69, 9.17) is 0 Å². The molecule has 0 fully saturated rings. The van der Waals surface area contributed by atoms with E-state index in [9.17, 15) is 0 Å². The van der Waals surface area contributed by atoms with Crippen molar-refractivity contribution in [2.75, 3.05) is 5.32 Å². The first kappa shape index (κ1) is 10.7. The summed E-state index contributed by atoms with van der Waals surface area (Å²) in [7, 11) is 3.88. The van der Waals surface area contributed by atoms with Crippen molar-refractivity contribution in [3.05, 3.63) is 29.2 Å². The topological polar surface area (TPSA) is 47.7 Å². The predicted octanol–water partition coefficient (Wildman–Crippen LogP) is 1.38. The Morgan fingerprint density at radius 1 is 1.25 bits per heavy atom. The molecule has 0 saturated carbocycles. The van der Waals surface area contributed by atoms with Crippen molar-refractivity contribution >= 4 is 5.82 Å². The van der Waals surface area contributed by atoms with E-state index in [-0.39, 0.29) is 0 Å². The molecule has 0 spiro atoms. The van der Waals surface area contributed by atoms with Gasteiger partial charge in [-0.05, 0) is 19.9 Å². The summed E-state index contributed by atoms with van der Waals surface area (Å²) in [6.07, 6.45) is 2.00. The zero-order valence-electron chi connectivity index (χ0n) is 10.2. The van der Waals surface area contributed by atoms with Crippen molar-refractivity contribution < 1.29 is 0 Å². The van der Waals surface area contributed by atoms with Crippen LogP contribution in [-0.4, -0.2) is 19.6 Å². The Balaban J connectivity index is 2.07. The van der Waals surface area contributed by atoms with Gasteiger partial charge >= 0.3 is 0 Å². The predicted molar refractivity (Wildman–Crippen MR) is 63.2 cm³/mol. The highest BCUT2D eigenvalue weighted by Gasteiger charge is 2.05. The number of hydrogen-bond donors (Lipinski definition) is 1. The number of anilines is 1. The smallest absolute Gasteiger partial charge is 0.151 e. The lowest BCUT2D eigenvalue weighted by molar-refractivity contribution is 0.710. The molecule has 0 aliphatic carbocycles. The van der Waals surface area contributed by atoms with Crippen LogP contribution in [0.15, 0.2) is 12.3 Å². The van der Waals surface area contributed by atoms with Gasteiger partial charge < -0.3 is 5.32 Å². The average molecular weight is 219 g/mol. The minimum absolute atomic E-state index is 0.745. The molecule has 86 valence electrons. The summed E-state index contributed by atoms with van der Waals surface area (Å²) >= 11 is 0. The van der Waals surface area contributed by atoms with Crippen LogP contribution in [0.2, 0.25) is 0 Å². The van der Waals surface area contributed by atoms with Crippen LogP contribution in [0, 0.1) is 13.8 Å². The summed E-state index contributed by atoms with van der Waals surface area (Å²) in [5.41, 5.74) is 3.35. The lowest BCUT2D eigenvalue weighted by Crippen LogP contribution is -2.06. The van der Waals surface area contributed by atoms with Crippen LogP contribution in [-0.2, 0) is 20.6 Å². The van der Waals surface area contributed by atoms with Gasteiger partial charge in [0.05, 0.1) is 17.9 Å². The van der Waals surface area contributed by atoms with Crippen LogP contribution in [0.5, 0.6) is 0 Å². The van der Waals surface area contributed by atoms with Gasteiger partial charge in [-0.25, -0.2) is 0 Å². The number of rotatable bonds is 3.